The molecule has 0 aromatic carbocycles. The van der Waals surface area contributed by atoms with E-state index in [2.05, 4.69) is 18.5 Å². The topological polar surface area (TPSA) is 29.3 Å². The van der Waals surface area contributed by atoms with E-state index in [1.165, 1.54) is 32.2 Å². The third-order valence-corrected chi connectivity index (χ3v) is 2.90. The van der Waals surface area contributed by atoms with E-state index in [1.54, 1.807) is 0 Å². The largest absolute Gasteiger partial charge is 0.328 e. The number of nitrogens with zero attached hydrogens (tertiary/aromatic N) is 1. The first-order valence-corrected chi connectivity index (χ1v) is 5.27. The smallest absolute Gasteiger partial charge is 0.0157 e. The first-order valence-electron chi connectivity index (χ1n) is 5.27. The zero-order valence-corrected chi connectivity index (χ0v) is 8.71. The summed E-state index contributed by atoms with van der Waals surface area (Å²) in [5, 5.41) is 0. The van der Waals surface area contributed by atoms with Gasteiger partial charge in [-0.2, -0.15) is 0 Å². The van der Waals surface area contributed by atoms with Crippen LogP contribution in [0.5, 0.6) is 0 Å². The van der Waals surface area contributed by atoms with Gasteiger partial charge >= 0.3 is 0 Å². The Balaban J connectivity index is 2.18. The Bertz CT molecular complexity index is 148. The molecule has 1 rings (SSSR count). The van der Waals surface area contributed by atoms with Gasteiger partial charge in [-0.1, -0.05) is 6.08 Å². The SMILES string of the molecule is C=CCN(C)CC1CCC(N)CC1. The predicted molar refractivity (Wildman–Crippen MR) is 57.6 cm³/mol. The van der Waals surface area contributed by atoms with Crippen LogP contribution in [0.15, 0.2) is 12.7 Å². The number of hydrogen-bond donors (Lipinski definition) is 1. The summed E-state index contributed by atoms with van der Waals surface area (Å²) in [4.78, 5) is 2.34. The summed E-state index contributed by atoms with van der Waals surface area (Å²) < 4.78 is 0. The number of likely N-dealkylation sites (N-methyl/N-ethyl adjacent to an activating group) is 1. The lowest BCUT2D eigenvalue weighted by Gasteiger charge is -2.29. The molecular formula is C11H22N2. The van der Waals surface area contributed by atoms with E-state index in [4.69, 9.17) is 5.73 Å². The van der Waals surface area contributed by atoms with Gasteiger partial charge in [-0.25, -0.2) is 0 Å². The van der Waals surface area contributed by atoms with E-state index in [1.807, 2.05) is 6.08 Å². The maximum atomic E-state index is 5.86. The maximum Gasteiger partial charge on any atom is 0.0157 e. The zero-order chi connectivity index (χ0) is 9.68. The van der Waals surface area contributed by atoms with Crippen LogP contribution in [0.4, 0.5) is 0 Å². The van der Waals surface area contributed by atoms with E-state index in [-0.39, 0.29) is 0 Å². The Hall–Kier alpha value is -0.340. The minimum atomic E-state index is 0.473. The molecule has 2 N–H and O–H groups in total. The van der Waals surface area contributed by atoms with Gasteiger partial charge in [-0.05, 0) is 38.6 Å². The Labute approximate surface area is 81.8 Å². The molecule has 0 bridgehead atoms. The second kappa shape index (κ2) is 5.40. The highest BCUT2D eigenvalue weighted by molar-refractivity contribution is 4.78. The molecule has 0 radical (unpaired) electrons. The normalized spacial score (nSPS) is 29.2. The standard InChI is InChI=1S/C11H22N2/c1-3-8-13(2)9-10-4-6-11(12)7-5-10/h3,10-11H,1,4-9,12H2,2H3. The van der Waals surface area contributed by atoms with E-state index < -0.39 is 0 Å². The molecule has 0 heterocycles. The monoisotopic (exact) mass is 182 g/mol. The van der Waals surface area contributed by atoms with Gasteiger partial charge in [0.25, 0.3) is 0 Å². The Morgan fingerprint density at radius 2 is 2.00 bits per heavy atom. The highest BCUT2D eigenvalue weighted by Crippen LogP contribution is 2.23. The summed E-state index contributed by atoms with van der Waals surface area (Å²) in [6.45, 7) is 5.95. The van der Waals surface area contributed by atoms with Gasteiger partial charge in [0.1, 0.15) is 0 Å². The molecule has 0 aromatic rings. The van der Waals surface area contributed by atoms with Crippen molar-refractivity contribution in [3.63, 3.8) is 0 Å². The molecule has 0 saturated heterocycles. The molecular weight excluding hydrogens is 160 g/mol. The van der Waals surface area contributed by atoms with Crippen LogP contribution in [0.25, 0.3) is 0 Å². The van der Waals surface area contributed by atoms with Crippen LogP contribution in [0.1, 0.15) is 25.7 Å². The second-order valence-electron chi connectivity index (χ2n) is 4.29. The quantitative estimate of drug-likeness (QED) is 0.669. The third kappa shape index (κ3) is 3.92. The highest BCUT2D eigenvalue weighted by atomic mass is 15.1. The average Bonchev–Trinajstić information content (AvgIpc) is 2.09. The van der Waals surface area contributed by atoms with Crippen molar-refractivity contribution < 1.29 is 0 Å². The predicted octanol–water partition coefficient (Wildman–Crippen LogP) is 1.62. The summed E-state index contributed by atoms with van der Waals surface area (Å²) in [5.41, 5.74) is 5.86. The molecule has 2 nitrogen and oxygen atoms in total. The van der Waals surface area contributed by atoms with Crippen molar-refractivity contribution in [2.75, 3.05) is 20.1 Å². The lowest BCUT2D eigenvalue weighted by atomic mass is 9.86. The van der Waals surface area contributed by atoms with Crippen molar-refractivity contribution in [1.82, 2.24) is 4.90 Å². The molecule has 0 aliphatic heterocycles. The molecule has 1 fully saturated rings. The van der Waals surface area contributed by atoms with E-state index in [9.17, 15) is 0 Å². The van der Waals surface area contributed by atoms with Crippen LogP contribution in [0.3, 0.4) is 0 Å². The van der Waals surface area contributed by atoms with E-state index in [0.717, 1.165) is 12.5 Å². The van der Waals surface area contributed by atoms with Gasteiger partial charge in [0, 0.05) is 19.1 Å². The lowest BCUT2D eigenvalue weighted by Crippen LogP contribution is -2.32. The molecule has 0 aromatic heterocycles. The molecule has 1 aliphatic rings. The Kier molecular flexibility index (Phi) is 4.46. The van der Waals surface area contributed by atoms with Crippen molar-refractivity contribution in [2.45, 2.75) is 31.7 Å². The van der Waals surface area contributed by atoms with Gasteiger partial charge in [0.05, 0.1) is 0 Å². The van der Waals surface area contributed by atoms with Crippen molar-refractivity contribution >= 4 is 0 Å². The third-order valence-electron chi connectivity index (χ3n) is 2.90. The average molecular weight is 182 g/mol. The Morgan fingerprint density at radius 1 is 1.38 bits per heavy atom. The lowest BCUT2D eigenvalue weighted by molar-refractivity contribution is 0.237. The summed E-state index contributed by atoms with van der Waals surface area (Å²) >= 11 is 0. The van der Waals surface area contributed by atoms with Crippen LogP contribution in [-0.2, 0) is 0 Å². The summed E-state index contributed by atoms with van der Waals surface area (Å²) in [5.74, 6) is 0.866. The minimum Gasteiger partial charge on any atom is -0.328 e. The molecule has 1 aliphatic carbocycles. The van der Waals surface area contributed by atoms with Gasteiger partial charge in [0.2, 0.25) is 0 Å². The van der Waals surface area contributed by atoms with Crippen LogP contribution in [0, 0.1) is 5.92 Å². The molecule has 0 amide bonds. The molecule has 0 unspecified atom stereocenters. The van der Waals surface area contributed by atoms with E-state index in [0.29, 0.717) is 6.04 Å². The fourth-order valence-corrected chi connectivity index (χ4v) is 2.11. The summed E-state index contributed by atoms with van der Waals surface area (Å²) in [6, 6.07) is 0.473. The van der Waals surface area contributed by atoms with Crippen LogP contribution < -0.4 is 5.73 Å². The van der Waals surface area contributed by atoms with Crippen molar-refractivity contribution in [2.24, 2.45) is 11.7 Å². The summed E-state index contributed by atoms with van der Waals surface area (Å²) in [6.07, 6.45) is 7.01. The molecule has 13 heavy (non-hydrogen) atoms. The number of hydrogen-bond acceptors (Lipinski definition) is 2. The van der Waals surface area contributed by atoms with Crippen molar-refractivity contribution in [3.8, 4) is 0 Å². The number of rotatable bonds is 4. The van der Waals surface area contributed by atoms with Gasteiger partial charge in [-0.15, -0.1) is 6.58 Å². The van der Waals surface area contributed by atoms with Gasteiger partial charge in [-0.3, -0.25) is 0 Å². The van der Waals surface area contributed by atoms with Crippen LogP contribution in [0.2, 0.25) is 0 Å². The fraction of sp³-hybridized carbons (Fsp3) is 0.818. The molecule has 2 heteroatoms. The first-order chi connectivity index (χ1) is 6.22. The zero-order valence-electron chi connectivity index (χ0n) is 8.71. The number of nitrogens with two attached hydrogens (primary N) is 1. The molecule has 1 saturated carbocycles. The van der Waals surface area contributed by atoms with Gasteiger partial charge < -0.3 is 10.6 Å². The first kappa shape index (κ1) is 10.7. The maximum absolute atomic E-state index is 5.86. The van der Waals surface area contributed by atoms with Crippen molar-refractivity contribution in [1.29, 1.82) is 0 Å². The summed E-state index contributed by atoms with van der Waals surface area (Å²) in [7, 11) is 2.16. The van der Waals surface area contributed by atoms with Crippen LogP contribution >= 0.6 is 0 Å². The highest BCUT2D eigenvalue weighted by Gasteiger charge is 2.19. The molecule has 0 atom stereocenters. The molecule has 76 valence electrons. The van der Waals surface area contributed by atoms with Gasteiger partial charge in [0.15, 0.2) is 0 Å². The van der Waals surface area contributed by atoms with Crippen molar-refractivity contribution in [3.05, 3.63) is 12.7 Å². The van der Waals surface area contributed by atoms with E-state index >= 15 is 0 Å². The Morgan fingerprint density at radius 3 is 2.54 bits per heavy atom. The van der Waals surface area contributed by atoms with Crippen LogP contribution in [-0.4, -0.2) is 31.1 Å². The molecule has 0 spiro atoms. The minimum absolute atomic E-state index is 0.473. The second-order valence-corrected chi connectivity index (χ2v) is 4.29. The fourth-order valence-electron chi connectivity index (χ4n) is 2.11.